The molecule has 0 saturated carbocycles. The van der Waals surface area contributed by atoms with Gasteiger partial charge in [-0.05, 0) is 52.7 Å². The van der Waals surface area contributed by atoms with E-state index in [0.29, 0.717) is 10.4 Å². The van der Waals surface area contributed by atoms with Gasteiger partial charge in [0.2, 0.25) is 5.78 Å². The summed E-state index contributed by atoms with van der Waals surface area (Å²) in [5.74, 6) is -0.582. The highest BCUT2D eigenvalue weighted by Gasteiger charge is 2.15. The van der Waals surface area contributed by atoms with Crippen molar-refractivity contribution >= 4 is 33.0 Å². The van der Waals surface area contributed by atoms with Crippen LogP contribution in [0.2, 0.25) is 0 Å². The van der Waals surface area contributed by atoms with Crippen LogP contribution in [0, 0.1) is 12.7 Å². The molecule has 1 aromatic heterocycles. The van der Waals surface area contributed by atoms with Gasteiger partial charge in [0.25, 0.3) is 0 Å². The number of rotatable bonds is 3. The Morgan fingerprint density at radius 1 is 1.39 bits per heavy atom. The van der Waals surface area contributed by atoms with Crippen LogP contribution in [0.25, 0.3) is 0 Å². The zero-order valence-corrected chi connectivity index (χ0v) is 12.2. The van der Waals surface area contributed by atoms with E-state index < -0.39 is 5.82 Å². The number of hydrogen-bond acceptors (Lipinski definition) is 3. The van der Waals surface area contributed by atoms with Crippen LogP contribution in [0.4, 0.5) is 4.39 Å². The summed E-state index contributed by atoms with van der Waals surface area (Å²) in [7, 11) is 1.39. The highest BCUT2D eigenvalue weighted by molar-refractivity contribution is 9.11. The van der Waals surface area contributed by atoms with Crippen LogP contribution in [0.5, 0.6) is 5.75 Å². The molecule has 0 amide bonds. The van der Waals surface area contributed by atoms with Gasteiger partial charge in [-0.15, -0.1) is 11.3 Å². The molecule has 0 aliphatic heterocycles. The monoisotopic (exact) mass is 328 g/mol. The van der Waals surface area contributed by atoms with E-state index >= 15 is 0 Å². The topological polar surface area (TPSA) is 26.3 Å². The molecule has 2 aromatic rings. The molecule has 5 heteroatoms. The molecule has 18 heavy (non-hydrogen) atoms. The molecule has 1 aromatic carbocycles. The first-order valence-corrected chi connectivity index (χ1v) is 6.78. The second kappa shape index (κ2) is 5.20. The Bertz CT molecular complexity index is 588. The smallest absolute Gasteiger partial charge is 0.203 e. The van der Waals surface area contributed by atoms with Crippen LogP contribution < -0.4 is 4.74 Å². The minimum absolute atomic E-state index is 0.134. The molecular formula is C13H10BrFO2S. The van der Waals surface area contributed by atoms with Crippen LogP contribution in [-0.2, 0) is 0 Å². The Morgan fingerprint density at radius 3 is 2.61 bits per heavy atom. The molecule has 94 valence electrons. The molecule has 0 N–H and O–H groups in total. The highest BCUT2D eigenvalue weighted by Crippen LogP contribution is 2.29. The van der Waals surface area contributed by atoms with Gasteiger partial charge in [-0.3, -0.25) is 4.79 Å². The van der Waals surface area contributed by atoms with Gasteiger partial charge in [0.05, 0.1) is 15.8 Å². The van der Waals surface area contributed by atoms with Gasteiger partial charge in [-0.2, -0.15) is 0 Å². The fraction of sp³-hybridized carbons (Fsp3) is 0.154. The predicted molar refractivity (Wildman–Crippen MR) is 73.1 cm³/mol. The predicted octanol–water partition coefficient (Wildman–Crippen LogP) is 4.20. The summed E-state index contributed by atoms with van der Waals surface area (Å²) in [6.45, 7) is 1.91. The molecule has 0 aliphatic carbocycles. The SMILES string of the molecule is COc1ccc(C(=O)c2cc(C)c(Br)s2)cc1F. The van der Waals surface area contributed by atoms with Crippen LogP contribution in [0.1, 0.15) is 20.8 Å². The molecule has 0 spiro atoms. The Kier molecular flexibility index (Phi) is 3.82. The summed E-state index contributed by atoms with van der Waals surface area (Å²) in [5, 5.41) is 0. The average molecular weight is 329 g/mol. The standard InChI is InChI=1S/C13H10BrFO2S/c1-7-5-11(18-13(7)14)12(16)8-3-4-10(17-2)9(15)6-8/h3-6H,1-2H3. The number of thiophene rings is 1. The molecule has 0 radical (unpaired) electrons. The molecular weight excluding hydrogens is 319 g/mol. The van der Waals surface area contributed by atoms with E-state index in [1.54, 1.807) is 12.1 Å². The van der Waals surface area contributed by atoms with Crippen molar-refractivity contribution in [3.8, 4) is 5.75 Å². The fourth-order valence-electron chi connectivity index (χ4n) is 1.52. The van der Waals surface area contributed by atoms with E-state index in [9.17, 15) is 9.18 Å². The minimum Gasteiger partial charge on any atom is -0.494 e. The maximum atomic E-state index is 13.5. The normalized spacial score (nSPS) is 10.4. The summed E-state index contributed by atoms with van der Waals surface area (Å²) >= 11 is 4.71. The number of halogens is 2. The lowest BCUT2D eigenvalue weighted by atomic mass is 10.1. The second-order valence-corrected chi connectivity index (χ2v) is 6.12. The van der Waals surface area contributed by atoms with Gasteiger partial charge in [-0.25, -0.2) is 4.39 Å². The molecule has 2 rings (SSSR count). The molecule has 0 aliphatic rings. The van der Waals surface area contributed by atoms with Crippen molar-refractivity contribution in [1.82, 2.24) is 0 Å². The molecule has 0 bridgehead atoms. The van der Waals surface area contributed by atoms with Gasteiger partial charge in [-0.1, -0.05) is 0 Å². The van der Waals surface area contributed by atoms with Gasteiger partial charge in [0.15, 0.2) is 11.6 Å². The number of ether oxygens (including phenoxy) is 1. The first-order valence-electron chi connectivity index (χ1n) is 5.17. The van der Waals surface area contributed by atoms with Crippen LogP contribution >= 0.6 is 27.3 Å². The number of carbonyl (C=O) groups excluding carboxylic acids is 1. The molecule has 0 saturated heterocycles. The minimum atomic E-state index is -0.532. The second-order valence-electron chi connectivity index (χ2n) is 3.75. The third-order valence-corrected chi connectivity index (χ3v) is 4.63. The van der Waals surface area contributed by atoms with Crippen molar-refractivity contribution in [3.63, 3.8) is 0 Å². The van der Waals surface area contributed by atoms with Crippen LogP contribution in [0.15, 0.2) is 28.1 Å². The number of ketones is 1. The number of aryl methyl sites for hydroxylation is 1. The lowest BCUT2D eigenvalue weighted by molar-refractivity contribution is 0.104. The van der Waals surface area contributed by atoms with Crippen molar-refractivity contribution in [3.05, 3.63) is 49.9 Å². The first kappa shape index (κ1) is 13.2. The van der Waals surface area contributed by atoms with E-state index in [2.05, 4.69) is 15.9 Å². The van der Waals surface area contributed by atoms with Gasteiger partial charge < -0.3 is 4.74 Å². The van der Waals surface area contributed by atoms with Crippen molar-refractivity contribution in [1.29, 1.82) is 0 Å². The van der Waals surface area contributed by atoms with E-state index in [-0.39, 0.29) is 11.5 Å². The molecule has 0 atom stereocenters. The Morgan fingerprint density at radius 2 is 2.11 bits per heavy atom. The summed E-state index contributed by atoms with van der Waals surface area (Å²) < 4.78 is 19.3. The van der Waals surface area contributed by atoms with E-state index in [1.807, 2.05) is 6.92 Å². The molecule has 1 heterocycles. The van der Waals surface area contributed by atoms with Crippen molar-refractivity contribution in [2.24, 2.45) is 0 Å². The molecule has 0 unspecified atom stereocenters. The lowest BCUT2D eigenvalue weighted by Gasteiger charge is -2.03. The summed E-state index contributed by atoms with van der Waals surface area (Å²) in [6.07, 6.45) is 0. The van der Waals surface area contributed by atoms with Crippen LogP contribution in [0.3, 0.4) is 0 Å². The zero-order chi connectivity index (χ0) is 13.3. The van der Waals surface area contributed by atoms with Gasteiger partial charge >= 0.3 is 0 Å². The number of benzene rings is 1. The Balaban J connectivity index is 2.37. The third kappa shape index (κ3) is 2.47. The van der Waals surface area contributed by atoms with E-state index in [1.165, 1.54) is 30.6 Å². The maximum absolute atomic E-state index is 13.5. The Labute approximate surface area is 117 Å². The summed E-state index contributed by atoms with van der Waals surface area (Å²) in [6, 6.07) is 6.01. The van der Waals surface area contributed by atoms with Crippen molar-refractivity contribution < 1.29 is 13.9 Å². The Hall–Kier alpha value is -1.20. The average Bonchev–Trinajstić information content (AvgIpc) is 2.68. The number of methoxy groups -OCH3 is 1. The molecule has 2 nitrogen and oxygen atoms in total. The fourth-order valence-corrected chi connectivity index (χ4v) is 3.02. The zero-order valence-electron chi connectivity index (χ0n) is 9.79. The van der Waals surface area contributed by atoms with Crippen molar-refractivity contribution in [2.75, 3.05) is 7.11 Å². The molecule has 0 fully saturated rings. The number of hydrogen-bond donors (Lipinski definition) is 0. The van der Waals surface area contributed by atoms with Gasteiger partial charge in [0.1, 0.15) is 0 Å². The number of carbonyl (C=O) groups is 1. The summed E-state index contributed by atoms with van der Waals surface area (Å²) in [5.41, 5.74) is 1.32. The summed E-state index contributed by atoms with van der Waals surface area (Å²) in [4.78, 5) is 12.7. The van der Waals surface area contributed by atoms with E-state index in [0.717, 1.165) is 9.35 Å². The maximum Gasteiger partial charge on any atom is 0.203 e. The largest absolute Gasteiger partial charge is 0.494 e. The third-order valence-electron chi connectivity index (χ3n) is 2.49. The van der Waals surface area contributed by atoms with E-state index in [4.69, 9.17) is 4.74 Å². The lowest BCUT2D eigenvalue weighted by Crippen LogP contribution is -2.00. The van der Waals surface area contributed by atoms with Crippen LogP contribution in [-0.4, -0.2) is 12.9 Å². The van der Waals surface area contributed by atoms with Crippen molar-refractivity contribution in [2.45, 2.75) is 6.92 Å². The quantitative estimate of drug-likeness (QED) is 0.789. The van der Waals surface area contributed by atoms with Gasteiger partial charge in [0, 0.05) is 5.56 Å². The first-order chi connectivity index (χ1) is 8.52. The highest BCUT2D eigenvalue weighted by atomic mass is 79.9.